The van der Waals surface area contributed by atoms with Crippen LogP contribution < -0.4 is 0 Å². The summed E-state index contributed by atoms with van der Waals surface area (Å²) >= 11 is 1.17. The van der Waals surface area contributed by atoms with Crippen LogP contribution >= 0.6 is 11.8 Å². The summed E-state index contributed by atoms with van der Waals surface area (Å²) in [5.41, 5.74) is 0. The fourth-order valence-electron chi connectivity index (χ4n) is 1.87. The van der Waals surface area contributed by atoms with Crippen molar-refractivity contribution in [2.24, 2.45) is 11.8 Å². The van der Waals surface area contributed by atoms with Crippen molar-refractivity contribution in [2.75, 3.05) is 7.11 Å². The van der Waals surface area contributed by atoms with Crippen molar-refractivity contribution in [3.63, 3.8) is 0 Å². The first-order valence-corrected chi connectivity index (χ1v) is 5.30. The van der Waals surface area contributed by atoms with E-state index in [-0.39, 0.29) is 34.1 Å². The van der Waals surface area contributed by atoms with E-state index >= 15 is 0 Å². The van der Waals surface area contributed by atoms with Gasteiger partial charge in [0.15, 0.2) is 5.78 Å². The predicted molar refractivity (Wildman–Crippen MR) is 49.5 cm³/mol. The number of rotatable bonds is 2. The minimum absolute atomic E-state index is 0.0436. The molecule has 0 bridgehead atoms. The highest BCUT2D eigenvalue weighted by atomic mass is 32.2. The summed E-state index contributed by atoms with van der Waals surface area (Å²) in [5, 5.41) is -0.0994. The molecule has 0 aromatic rings. The number of hydrogen-bond acceptors (Lipinski definition) is 4. The molecule has 1 saturated heterocycles. The molecule has 4 unspecified atom stereocenters. The Balaban J connectivity index is 2.07. The number of ketones is 1. The number of hydrogen-bond donors (Lipinski definition) is 0. The molecule has 0 spiro atoms. The van der Waals surface area contributed by atoms with E-state index in [1.54, 1.807) is 14.0 Å². The highest BCUT2D eigenvalue weighted by molar-refractivity contribution is 8.15. The molecule has 2 rings (SSSR count). The minimum atomic E-state index is -0.370. The topological polar surface area (TPSA) is 43.4 Å². The van der Waals surface area contributed by atoms with Crippen LogP contribution in [0.1, 0.15) is 13.3 Å². The van der Waals surface area contributed by atoms with Crippen LogP contribution in [0.5, 0.6) is 0 Å². The number of carbonyl (C=O) groups excluding carboxylic acids is 2. The van der Waals surface area contributed by atoms with E-state index in [4.69, 9.17) is 4.74 Å². The van der Waals surface area contributed by atoms with Crippen LogP contribution in [-0.4, -0.2) is 29.4 Å². The molecule has 4 atom stereocenters. The second-order valence-corrected chi connectivity index (χ2v) is 4.98. The largest absolute Gasteiger partial charge is 0.381 e. The third-order valence-electron chi connectivity index (χ3n) is 2.76. The van der Waals surface area contributed by atoms with Crippen molar-refractivity contribution in [3.8, 4) is 0 Å². The molecule has 1 heterocycles. The van der Waals surface area contributed by atoms with Gasteiger partial charge in [0.25, 0.3) is 0 Å². The minimum Gasteiger partial charge on any atom is -0.381 e. The monoisotopic (exact) mass is 200 g/mol. The third kappa shape index (κ3) is 1.42. The van der Waals surface area contributed by atoms with Crippen molar-refractivity contribution in [2.45, 2.75) is 24.7 Å². The van der Waals surface area contributed by atoms with Crippen molar-refractivity contribution in [3.05, 3.63) is 0 Å². The van der Waals surface area contributed by atoms with E-state index in [0.717, 1.165) is 6.42 Å². The van der Waals surface area contributed by atoms with Crippen LogP contribution in [0.25, 0.3) is 0 Å². The smallest absolute Gasteiger partial charge is 0.200 e. The average Bonchev–Trinajstić information content (AvgIpc) is 2.79. The van der Waals surface area contributed by atoms with Crippen LogP contribution in [0, 0.1) is 11.8 Å². The molecule has 13 heavy (non-hydrogen) atoms. The quantitative estimate of drug-likeness (QED) is 0.620. The Morgan fingerprint density at radius 2 is 2.15 bits per heavy atom. The predicted octanol–water partition coefficient (Wildman–Crippen LogP) is 0.868. The van der Waals surface area contributed by atoms with Gasteiger partial charge in [-0.25, -0.2) is 0 Å². The van der Waals surface area contributed by atoms with Crippen LogP contribution in [0.3, 0.4) is 0 Å². The summed E-state index contributed by atoms with van der Waals surface area (Å²) in [6.07, 6.45) is 1.01. The average molecular weight is 200 g/mol. The first-order chi connectivity index (χ1) is 6.15. The molecule has 2 aliphatic rings. The second-order valence-electron chi connectivity index (χ2n) is 3.63. The summed E-state index contributed by atoms with van der Waals surface area (Å²) in [5.74, 6) is -0.105. The molecule has 0 N–H and O–H groups in total. The SMILES string of the molecule is COC1CC1C1C(=O)SC(C)C1=O. The van der Waals surface area contributed by atoms with Gasteiger partial charge in [-0.05, 0) is 13.3 Å². The van der Waals surface area contributed by atoms with Crippen LogP contribution in [-0.2, 0) is 14.3 Å². The first-order valence-electron chi connectivity index (χ1n) is 4.42. The van der Waals surface area contributed by atoms with Crippen molar-refractivity contribution in [1.82, 2.24) is 0 Å². The zero-order valence-corrected chi connectivity index (χ0v) is 8.47. The molecular formula is C9H12O3S. The van der Waals surface area contributed by atoms with Crippen LogP contribution in [0.4, 0.5) is 0 Å². The molecule has 0 aromatic heterocycles. The Kier molecular flexibility index (Phi) is 2.20. The Bertz CT molecular complexity index is 264. The maximum Gasteiger partial charge on any atom is 0.200 e. The van der Waals surface area contributed by atoms with Gasteiger partial charge in [-0.2, -0.15) is 0 Å². The summed E-state index contributed by atoms with van der Waals surface area (Å²) in [4.78, 5) is 23.0. The molecule has 3 nitrogen and oxygen atoms in total. The molecule has 4 heteroatoms. The lowest BCUT2D eigenvalue weighted by Crippen LogP contribution is -2.21. The Labute approximate surface area is 81.2 Å². The zero-order valence-electron chi connectivity index (χ0n) is 7.65. The van der Waals surface area contributed by atoms with Crippen molar-refractivity contribution >= 4 is 22.7 Å². The molecule has 0 radical (unpaired) electrons. The Morgan fingerprint density at radius 1 is 1.46 bits per heavy atom. The molecular weight excluding hydrogens is 188 g/mol. The number of ether oxygens (including phenoxy) is 1. The highest BCUT2D eigenvalue weighted by Gasteiger charge is 2.54. The van der Waals surface area contributed by atoms with Gasteiger partial charge in [0.05, 0.1) is 17.3 Å². The van der Waals surface area contributed by atoms with Gasteiger partial charge in [-0.1, -0.05) is 11.8 Å². The van der Waals surface area contributed by atoms with E-state index in [0.29, 0.717) is 0 Å². The summed E-state index contributed by atoms with van der Waals surface area (Å²) in [6, 6.07) is 0. The molecule has 2 fully saturated rings. The lowest BCUT2D eigenvalue weighted by Gasteiger charge is -2.03. The molecule has 1 aliphatic heterocycles. The number of carbonyl (C=O) groups is 2. The molecule has 1 saturated carbocycles. The Morgan fingerprint density at radius 3 is 2.54 bits per heavy atom. The van der Waals surface area contributed by atoms with Gasteiger partial charge in [0.1, 0.15) is 0 Å². The summed E-state index contributed by atoms with van der Waals surface area (Å²) in [6.45, 7) is 1.80. The number of Topliss-reactive ketones (excluding diaryl/α,β-unsaturated/α-hetero) is 1. The Hall–Kier alpha value is -0.350. The normalized spacial score (nSPS) is 44.2. The molecule has 0 aromatic carbocycles. The van der Waals surface area contributed by atoms with E-state index in [1.807, 2.05) is 0 Å². The van der Waals surface area contributed by atoms with E-state index in [9.17, 15) is 9.59 Å². The summed E-state index contributed by atoms with van der Waals surface area (Å²) < 4.78 is 5.10. The van der Waals surface area contributed by atoms with Gasteiger partial charge in [0.2, 0.25) is 5.12 Å². The molecule has 72 valence electrons. The lowest BCUT2D eigenvalue weighted by molar-refractivity contribution is -0.127. The van der Waals surface area contributed by atoms with E-state index in [2.05, 4.69) is 0 Å². The maximum atomic E-state index is 11.6. The van der Waals surface area contributed by atoms with E-state index < -0.39 is 0 Å². The van der Waals surface area contributed by atoms with Gasteiger partial charge in [-0.15, -0.1) is 0 Å². The van der Waals surface area contributed by atoms with Crippen molar-refractivity contribution in [1.29, 1.82) is 0 Å². The molecule has 1 aliphatic carbocycles. The lowest BCUT2D eigenvalue weighted by atomic mass is 9.98. The van der Waals surface area contributed by atoms with Gasteiger partial charge < -0.3 is 4.74 Å². The van der Waals surface area contributed by atoms with Gasteiger partial charge in [0, 0.05) is 13.0 Å². The fraction of sp³-hybridized carbons (Fsp3) is 0.778. The third-order valence-corrected chi connectivity index (χ3v) is 3.84. The van der Waals surface area contributed by atoms with Crippen LogP contribution in [0.2, 0.25) is 0 Å². The first kappa shape index (κ1) is 9.21. The van der Waals surface area contributed by atoms with Crippen LogP contribution in [0.15, 0.2) is 0 Å². The standard InChI is InChI=1S/C9H12O3S/c1-4-8(10)7(9(11)13-4)5-3-6(5)12-2/h4-7H,3H2,1-2H3. The second kappa shape index (κ2) is 3.10. The van der Waals surface area contributed by atoms with E-state index in [1.165, 1.54) is 11.8 Å². The summed E-state index contributed by atoms with van der Waals surface area (Å²) in [7, 11) is 1.63. The number of thioether (sulfide) groups is 1. The van der Waals surface area contributed by atoms with Gasteiger partial charge in [-0.3, -0.25) is 9.59 Å². The number of methoxy groups -OCH3 is 1. The zero-order chi connectivity index (χ0) is 9.59. The fourth-order valence-corrected chi connectivity index (χ4v) is 2.92. The molecule has 0 amide bonds. The van der Waals surface area contributed by atoms with Gasteiger partial charge >= 0.3 is 0 Å². The van der Waals surface area contributed by atoms with Crippen molar-refractivity contribution < 1.29 is 14.3 Å². The maximum absolute atomic E-state index is 11.6. The highest BCUT2D eigenvalue weighted by Crippen LogP contribution is 2.46.